The molecule has 0 amide bonds. The van der Waals surface area contributed by atoms with E-state index in [1.807, 2.05) is 6.20 Å². The predicted octanol–water partition coefficient (Wildman–Crippen LogP) is 16.4. The van der Waals surface area contributed by atoms with Gasteiger partial charge in [-0.3, -0.25) is 4.98 Å². The second kappa shape index (κ2) is 15.1. The molecule has 0 bridgehead atoms. The van der Waals surface area contributed by atoms with Gasteiger partial charge in [0.25, 0.3) is 0 Å². The van der Waals surface area contributed by atoms with Crippen molar-refractivity contribution in [3.05, 3.63) is 271 Å². The SMILES string of the molecule is c1ccc(-n2c3ccccc3c3ccc(-c4ccc(-c5ccc6c(c5)C(c5ccccc5)(c5ccccc5)c5cc(-c7cnc8c9ccccc9c9ccccc9c8n7)ccc5-6)cc4)cc32)cc1. The van der Waals surface area contributed by atoms with Crippen LogP contribution >= 0.6 is 0 Å². The van der Waals surface area contributed by atoms with Crippen LogP contribution in [-0.2, 0) is 5.41 Å². The number of para-hydroxylation sites is 2. The fourth-order valence-corrected chi connectivity index (χ4v) is 11.5. The van der Waals surface area contributed by atoms with Gasteiger partial charge in [0.05, 0.1) is 39.4 Å². The molecule has 0 spiro atoms. The third-order valence-corrected chi connectivity index (χ3v) is 14.5. The van der Waals surface area contributed by atoms with Crippen LogP contribution in [-0.4, -0.2) is 14.5 Å². The van der Waals surface area contributed by atoms with Crippen molar-refractivity contribution >= 4 is 54.4 Å². The summed E-state index contributed by atoms with van der Waals surface area (Å²) in [6, 6.07) is 88.6. The van der Waals surface area contributed by atoms with Crippen LogP contribution in [0, 0.1) is 0 Å². The van der Waals surface area contributed by atoms with Crippen LogP contribution in [0.2, 0.25) is 0 Å². The van der Waals surface area contributed by atoms with E-state index in [-0.39, 0.29) is 0 Å². The number of aromatic nitrogens is 3. The normalized spacial score (nSPS) is 12.8. The molecule has 3 nitrogen and oxygen atoms in total. The molecule has 0 aliphatic heterocycles. The fourth-order valence-electron chi connectivity index (χ4n) is 11.5. The van der Waals surface area contributed by atoms with Crippen LogP contribution in [0.1, 0.15) is 22.3 Å². The largest absolute Gasteiger partial charge is 0.309 e. The minimum Gasteiger partial charge on any atom is -0.309 e. The van der Waals surface area contributed by atoms with E-state index < -0.39 is 5.41 Å². The molecule has 0 atom stereocenters. The van der Waals surface area contributed by atoms with Crippen molar-refractivity contribution in [1.29, 1.82) is 0 Å². The third kappa shape index (κ3) is 5.66. The van der Waals surface area contributed by atoms with Crippen LogP contribution in [0.25, 0.3) is 105 Å². The van der Waals surface area contributed by atoms with Crippen molar-refractivity contribution < 1.29 is 0 Å². The number of hydrogen-bond acceptors (Lipinski definition) is 2. The van der Waals surface area contributed by atoms with Crippen molar-refractivity contribution in [3.63, 3.8) is 0 Å². The Morgan fingerprint density at radius 2 is 0.779 bits per heavy atom. The molecule has 0 unspecified atom stereocenters. The highest BCUT2D eigenvalue weighted by molar-refractivity contribution is 6.23. The van der Waals surface area contributed by atoms with Gasteiger partial charge >= 0.3 is 0 Å². The maximum Gasteiger partial charge on any atom is 0.0979 e. The number of hydrogen-bond donors (Lipinski definition) is 0. The summed E-state index contributed by atoms with van der Waals surface area (Å²) in [6.07, 6.45) is 1.96. The standard InChI is InChI=1S/C65H41N3/c1-4-16-47(17-5-1)65(48-18-6-2-7-19-48)58-38-44(42-28-30-43(31-29-42)45-33-37-55-54-24-14-15-27-61(54)68(62(55)40-45)49-20-8-3-9-21-49)32-35-52(58)53-36-34-46(39-59(53)65)60-41-66-63-56-25-12-10-22-50(56)51-23-11-13-26-57(51)64(63)67-60/h1-41H. The van der Waals surface area contributed by atoms with Crippen LogP contribution in [0.5, 0.6) is 0 Å². The van der Waals surface area contributed by atoms with E-state index in [2.05, 4.69) is 247 Å². The smallest absolute Gasteiger partial charge is 0.0979 e. The molecule has 2 aromatic heterocycles. The van der Waals surface area contributed by atoms with E-state index in [0.29, 0.717) is 0 Å². The van der Waals surface area contributed by atoms with Gasteiger partial charge in [-0.05, 0) is 103 Å². The van der Waals surface area contributed by atoms with Crippen LogP contribution in [0.4, 0.5) is 0 Å². The molecule has 316 valence electrons. The van der Waals surface area contributed by atoms with Gasteiger partial charge in [-0.1, -0.05) is 206 Å². The third-order valence-electron chi connectivity index (χ3n) is 14.5. The summed E-state index contributed by atoms with van der Waals surface area (Å²) in [7, 11) is 0. The van der Waals surface area contributed by atoms with Gasteiger partial charge in [-0.2, -0.15) is 0 Å². The number of nitrogens with zero attached hydrogens (tertiary/aromatic N) is 3. The Bertz CT molecular complexity index is 4040. The van der Waals surface area contributed by atoms with E-state index in [4.69, 9.17) is 9.97 Å². The van der Waals surface area contributed by atoms with Crippen LogP contribution in [0.3, 0.4) is 0 Å². The Labute approximate surface area is 393 Å². The molecule has 14 rings (SSSR count). The van der Waals surface area contributed by atoms with Crippen molar-refractivity contribution in [2.24, 2.45) is 0 Å². The van der Waals surface area contributed by atoms with Gasteiger partial charge in [-0.25, -0.2) is 4.98 Å². The summed E-state index contributed by atoms with van der Waals surface area (Å²) in [5.74, 6) is 0. The molecular formula is C65H41N3. The summed E-state index contributed by atoms with van der Waals surface area (Å²) in [5.41, 5.74) is 18.9. The molecule has 0 N–H and O–H groups in total. The first-order valence-electron chi connectivity index (χ1n) is 23.4. The molecule has 11 aromatic carbocycles. The van der Waals surface area contributed by atoms with E-state index in [9.17, 15) is 0 Å². The minimum atomic E-state index is -0.598. The first-order valence-corrected chi connectivity index (χ1v) is 23.4. The average Bonchev–Trinajstić information content (AvgIpc) is 3.91. The van der Waals surface area contributed by atoms with Gasteiger partial charge in [-0.15, -0.1) is 0 Å². The molecule has 0 radical (unpaired) electrons. The fraction of sp³-hybridized carbons (Fsp3) is 0.0154. The summed E-state index contributed by atoms with van der Waals surface area (Å²) < 4.78 is 2.39. The monoisotopic (exact) mass is 863 g/mol. The molecule has 0 saturated heterocycles. The molecule has 0 saturated carbocycles. The molecule has 68 heavy (non-hydrogen) atoms. The number of rotatable bonds is 6. The Hall–Kier alpha value is -8.92. The number of benzene rings is 11. The van der Waals surface area contributed by atoms with Gasteiger partial charge in [0.15, 0.2) is 0 Å². The average molecular weight is 864 g/mol. The highest BCUT2D eigenvalue weighted by Crippen LogP contribution is 2.57. The maximum absolute atomic E-state index is 5.45. The lowest BCUT2D eigenvalue weighted by Gasteiger charge is -2.34. The lowest BCUT2D eigenvalue weighted by molar-refractivity contribution is 0.769. The van der Waals surface area contributed by atoms with E-state index in [1.165, 1.54) is 88.2 Å². The first kappa shape index (κ1) is 38.4. The second-order valence-corrected chi connectivity index (χ2v) is 18.0. The molecular weight excluding hydrogens is 823 g/mol. The van der Waals surface area contributed by atoms with Crippen molar-refractivity contribution in [2.45, 2.75) is 5.41 Å². The molecule has 13 aromatic rings. The topological polar surface area (TPSA) is 30.7 Å². The Kier molecular flexibility index (Phi) is 8.50. The van der Waals surface area contributed by atoms with Gasteiger partial charge < -0.3 is 4.57 Å². The summed E-state index contributed by atoms with van der Waals surface area (Å²) >= 11 is 0. The lowest BCUT2D eigenvalue weighted by atomic mass is 9.67. The molecule has 1 aliphatic rings. The summed E-state index contributed by atoms with van der Waals surface area (Å²) in [4.78, 5) is 10.6. The quantitative estimate of drug-likeness (QED) is 0.156. The van der Waals surface area contributed by atoms with Gasteiger partial charge in [0, 0.05) is 32.8 Å². The van der Waals surface area contributed by atoms with Crippen LogP contribution in [0.15, 0.2) is 249 Å². The van der Waals surface area contributed by atoms with E-state index in [0.717, 1.165) is 38.8 Å². The Balaban J connectivity index is 0.911. The predicted molar refractivity (Wildman–Crippen MR) is 283 cm³/mol. The minimum absolute atomic E-state index is 0.598. The Morgan fingerprint density at radius 1 is 0.324 bits per heavy atom. The van der Waals surface area contributed by atoms with Crippen molar-refractivity contribution in [2.75, 3.05) is 0 Å². The Morgan fingerprint density at radius 3 is 1.41 bits per heavy atom. The highest BCUT2D eigenvalue weighted by atomic mass is 15.0. The van der Waals surface area contributed by atoms with Crippen molar-refractivity contribution in [3.8, 4) is 50.3 Å². The summed E-state index contributed by atoms with van der Waals surface area (Å²) in [5, 5.41) is 7.13. The molecule has 1 aliphatic carbocycles. The highest BCUT2D eigenvalue weighted by Gasteiger charge is 2.46. The summed E-state index contributed by atoms with van der Waals surface area (Å²) in [6.45, 7) is 0. The van der Waals surface area contributed by atoms with E-state index >= 15 is 0 Å². The molecule has 3 heteroatoms. The van der Waals surface area contributed by atoms with Crippen LogP contribution < -0.4 is 0 Å². The van der Waals surface area contributed by atoms with Gasteiger partial charge in [0.2, 0.25) is 0 Å². The van der Waals surface area contributed by atoms with E-state index in [1.54, 1.807) is 0 Å². The first-order chi connectivity index (χ1) is 33.7. The second-order valence-electron chi connectivity index (χ2n) is 18.0. The maximum atomic E-state index is 5.45. The number of fused-ring (bicyclic) bond motifs is 12. The van der Waals surface area contributed by atoms with Gasteiger partial charge in [0.1, 0.15) is 0 Å². The molecule has 0 fully saturated rings. The zero-order valence-electron chi connectivity index (χ0n) is 37.0. The molecule has 2 heterocycles. The lowest BCUT2D eigenvalue weighted by Crippen LogP contribution is -2.28. The zero-order chi connectivity index (χ0) is 44.8. The zero-order valence-corrected chi connectivity index (χ0v) is 37.0. The van der Waals surface area contributed by atoms with Crippen molar-refractivity contribution in [1.82, 2.24) is 14.5 Å².